The molecule has 6 heteroatoms. The second-order valence-electron chi connectivity index (χ2n) is 5.23. The van der Waals surface area contributed by atoms with Crippen LogP contribution in [-0.2, 0) is 0 Å². The number of hydrogen-bond acceptors (Lipinski definition) is 4. The normalized spacial score (nSPS) is 11.4. The number of pyridine rings is 2. The number of hydrogen-bond donors (Lipinski definition) is 0. The van der Waals surface area contributed by atoms with Crippen LogP contribution in [0.2, 0.25) is 5.15 Å². The molecule has 5 nitrogen and oxygen atoms in total. The van der Waals surface area contributed by atoms with Crippen molar-refractivity contribution in [1.82, 2.24) is 25.0 Å². The summed E-state index contributed by atoms with van der Waals surface area (Å²) in [6.45, 7) is 4.08. The summed E-state index contributed by atoms with van der Waals surface area (Å²) < 4.78 is 1.84. The van der Waals surface area contributed by atoms with E-state index in [1.165, 1.54) is 0 Å². The Bertz CT molecular complexity index is 1020. The van der Waals surface area contributed by atoms with Gasteiger partial charge < -0.3 is 0 Å². The fourth-order valence-corrected chi connectivity index (χ4v) is 3.13. The van der Waals surface area contributed by atoms with Crippen LogP contribution in [-0.4, -0.2) is 25.0 Å². The molecule has 0 saturated carbocycles. The number of halogens is 1. The quantitative estimate of drug-likeness (QED) is 0.504. The maximum atomic E-state index is 6.25. The maximum absolute atomic E-state index is 6.25. The Labute approximate surface area is 131 Å². The molecule has 0 bridgehead atoms. The first-order chi connectivity index (χ1) is 10.7. The lowest BCUT2D eigenvalue weighted by atomic mass is 10.0. The standard InChI is InChI=1S/C16H12ClN5/c1-9-7-14(10(2)11-3-6-19-16(17)15(9)11)22-13-4-5-18-8-12(13)20-21-22/h3-8H,1-2H3. The van der Waals surface area contributed by atoms with Gasteiger partial charge >= 0.3 is 0 Å². The summed E-state index contributed by atoms with van der Waals surface area (Å²) in [4.78, 5) is 8.25. The Kier molecular flexibility index (Phi) is 2.84. The largest absolute Gasteiger partial charge is 0.262 e. The van der Waals surface area contributed by atoms with Crippen LogP contribution >= 0.6 is 11.6 Å². The molecule has 0 aliphatic heterocycles. The summed E-state index contributed by atoms with van der Waals surface area (Å²) in [6.07, 6.45) is 5.18. The van der Waals surface area contributed by atoms with Gasteiger partial charge in [0.2, 0.25) is 0 Å². The lowest BCUT2D eigenvalue weighted by Gasteiger charge is -2.13. The Morgan fingerprint density at radius 2 is 2.00 bits per heavy atom. The zero-order chi connectivity index (χ0) is 15.3. The Balaban J connectivity index is 2.10. The highest BCUT2D eigenvalue weighted by molar-refractivity contribution is 6.34. The lowest BCUT2D eigenvalue weighted by Crippen LogP contribution is -2.01. The number of benzene rings is 1. The van der Waals surface area contributed by atoms with E-state index in [4.69, 9.17) is 11.6 Å². The van der Waals surface area contributed by atoms with E-state index in [-0.39, 0.29) is 0 Å². The first-order valence-electron chi connectivity index (χ1n) is 6.87. The summed E-state index contributed by atoms with van der Waals surface area (Å²) >= 11 is 6.25. The number of aryl methyl sites for hydroxylation is 2. The predicted molar refractivity (Wildman–Crippen MR) is 86.4 cm³/mol. The molecule has 0 N–H and O–H groups in total. The van der Waals surface area contributed by atoms with Gasteiger partial charge in [0.05, 0.1) is 17.4 Å². The molecule has 4 rings (SSSR count). The fraction of sp³-hybridized carbons (Fsp3) is 0.125. The Morgan fingerprint density at radius 1 is 1.14 bits per heavy atom. The lowest BCUT2D eigenvalue weighted by molar-refractivity contribution is 0.820. The van der Waals surface area contributed by atoms with E-state index >= 15 is 0 Å². The Morgan fingerprint density at radius 3 is 2.86 bits per heavy atom. The van der Waals surface area contributed by atoms with E-state index in [0.29, 0.717) is 5.15 Å². The average Bonchev–Trinajstić information content (AvgIpc) is 2.94. The van der Waals surface area contributed by atoms with Crippen LogP contribution in [0.3, 0.4) is 0 Å². The van der Waals surface area contributed by atoms with Crippen LogP contribution in [0, 0.1) is 13.8 Å². The Hall–Kier alpha value is -2.53. The monoisotopic (exact) mass is 309 g/mol. The van der Waals surface area contributed by atoms with Crippen LogP contribution in [0.5, 0.6) is 0 Å². The summed E-state index contributed by atoms with van der Waals surface area (Å²) in [6, 6.07) is 5.96. The van der Waals surface area contributed by atoms with Gasteiger partial charge in [-0.25, -0.2) is 9.67 Å². The highest BCUT2D eigenvalue weighted by Crippen LogP contribution is 2.32. The molecule has 0 aliphatic rings. The van der Waals surface area contributed by atoms with Gasteiger partial charge in [-0.3, -0.25) is 4.98 Å². The average molecular weight is 310 g/mol. The van der Waals surface area contributed by atoms with E-state index in [9.17, 15) is 0 Å². The van der Waals surface area contributed by atoms with Crippen LogP contribution in [0.1, 0.15) is 11.1 Å². The van der Waals surface area contributed by atoms with E-state index in [1.54, 1.807) is 18.6 Å². The topological polar surface area (TPSA) is 56.5 Å². The van der Waals surface area contributed by atoms with Crippen molar-refractivity contribution >= 4 is 33.4 Å². The summed E-state index contributed by atoms with van der Waals surface area (Å²) in [5, 5.41) is 11.0. The van der Waals surface area contributed by atoms with Crippen LogP contribution < -0.4 is 0 Å². The maximum Gasteiger partial charge on any atom is 0.137 e. The summed E-state index contributed by atoms with van der Waals surface area (Å²) in [7, 11) is 0. The second kappa shape index (κ2) is 4.74. The highest BCUT2D eigenvalue weighted by Gasteiger charge is 2.14. The van der Waals surface area contributed by atoms with Crippen molar-refractivity contribution in [3.05, 3.63) is 53.1 Å². The number of nitrogens with zero attached hydrogens (tertiary/aromatic N) is 5. The second-order valence-corrected chi connectivity index (χ2v) is 5.59. The van der Waals surface area contributed by atoms with Crippen molar-refractivity contribution in [3.8, 4) is 5.69 Å². The molecule has 0 fully saturated rings. The zero-order valence-corrected chi connectivity index (χ0v) is 12.8. The van der Waals surface area contributed by atoms with Gasteiger partial charge in [0.15, 0.2) is 0 Å². The molecule has 0 radical (unpaired) electrons. The number of rotatable bonds is 1. The van der Waals surface area contributed by atoms with E-state index in [2.05, 4.69) is 33.3 Å². The molecule has 0 amide bonds. The minimum absolute atomic E-state index is 0.525. The van der Waals surface area contributed by atoms with E-state index < -0.39 is 0 Å². The van der Waals surface area contributed by atoms with Crippen molar-refractivity contribution in [2.45, 2.75) is 13.8 Å². The van der Waals surface area contributed by atoms with Crippen LogP contribution in [0.15, 0.2) is 36.8 Å². The molecule has 3 heterocycles. The predicted octanol–water partition coefficient (Wildman–Crippen LogP) is 3.63. The molecule has 4 aromatic rings. The number of aromatic nitrogens is 5. The van der Waals surface area contributed by atoms with Crippen molar-refractivity contribution in [1.29, 1.82) is 0 Å². The van der Waals surface area contributed by atoms with Crippen molar-refractivity contribution in [2.24, 2.45) is 0 Å². The third-order valence-corrected chi connectivity index (χ3v) is 4.20. The third kappa shape index (κ3) is 1.79. The van der Waals surface area contributed by atoms with Gasteiger partial charge in [-0.05, 0) is 48.6 Å². The van der Waals surface area contributed by atoms with Crippen molar-refractivity contribution in [2.75, 3.05) is 0 Å². The molecule has 22 heavy (non-hydrogen) atoms. The summed E-state index contributed by atoms with van der Waals surface area (Å²) in [5.74, 6) is 0. The smallest absolute Gasteiger partial charge is 0.137 e. The molecule has 0 unspecified atom stereocenters. The molecule has 0 atom stereocenters. The molecular formula is C16H12ClN5. The van der Waals surface area contributed by atoms with Crippen LogP contribution in [0.25, 0.3) is 27.5 Å². The van der Waals surface area contributed by atoms with Gasteiger partial charge in [-0.1, -0.05) is 16.8 Å². The van der Waals surface area contributed by atoms with E-state index in [1.807, 2.05) is 23.7 Å². The minimum atomic E-state index is 0.525. The fourth-order valence-electron chi connectivity index (χ4n) is 2.82. The molecule has 0 spiro atoms. The molecule has 1 aromatic carbocycles. The minimum Gasteiger partial charge on any atom is -0.262 e. The first kappa shape index (κ1) is 13.2. The number of fused-ring (bicyclic) bond motifs is 2. The van der Waals surface area contributed by atoms with Crippen molar-refractivity contribution in [3.63, 3.8) is 0 Å². The highest BCUT2D eigenvalue weighted by atomic mass is 35.5. The SMILES string of the molecule is Cc1c(-n2nnc3cnccc32)cc(C)c2c(Cl)nccc12. The molecule has 3 aromatic heterocycles. The van der Waals surface area contributed by atoms with Gasteiger partial charge in [0, 0.05) is 17.8 Å². The zero-order valence-electron chi connectivity index (χ0n) is 12.1. The summed E-state index contributed by atoms with van der Waals surface area (Å²) in [5.41, 5.74) is 4.84. The van der Waals surface area contributed by atoms with Gasteiger partial charge in [0.25, 0.3) is 0 Å². The van der Waals surface area contributed by atoms with Crippen molar-refractivity contribution < 1.29 is 0 Å². The van der Waals surface area contributed by atoms with E-state index in [0.717, 1.165) is 38.6 Å². The van der Waals surface area contributed by atoms with Gasteiger partial charge in [0.1, 0.15) is 10.7 Å². The van der Waals surface area contributed by atoms with Gasteiger partial charge in [-0.15, -0.1) is 5.10 Å². The first-order valence-corrected chi connectivity index (χ1v) is 7.25. The molecule has 0 aliphatic carbocycles. The molecule has 0 saturated heterocycles. The van der Waals surface area contributed by atoms with Crippen LogP contribution in [0.4, 0.5) is 0 Å². The third-order valence-electron chi connectivity index (χ3n) is 3.92. The molecule has 108 valence electrons. The molecular weight excluding hydrogens is 298 g/mol. The van der Waals surface area contributed by atoms with Gasteiger partial charge in [-0.2, -0.15) is 0 Å².